The highest BCUT2D eigenvalue weighted by atomic mass is 32.2. The minimum absolute atomic E-state index is 0.0219. The third kappa shape index (κ3) is 5.27. The Hall–Kier alpha value is -3.37. The quantitative estimate of drug-likeness (QED) is 0.242. The Kier molecular flexibility index (Phi) is 7.68. The summed E-state index contributed by atoms with van der Waals surface area (Å²) >= 11 is 3.01. The van der Waals surface area contributed by atoms with Gasteiger partial charge in [0.2, 0.25) is 5.91 Å². The van der Waals surface area contributed by atoms with Crippen LogP contribution < -0.4 is 16.2 Å². The third-order valence-corrected chi connectivity index (χ3v) is 9.34. The van der Waals surface area contributed by atoms with Gasteiger partial charge in [0.1, 0.15) is 5.82 Å². The van der Waals surface area contributed by atoms with Crippen LogP contribution in [-0.4, -0.2) is 32.6 Å². The number of aromatic nitrogens is 3. The van der Waals surface area contributed by atoms with E-state index in [-0.39, 0.29) is 35.9 Å². The molecule has 1 aromatic carbocycles. The number of nitrogens with zero attached hydrogens (tertiary/aromatic N) is 2. The molecule has 4 aromatic rings. The number of aryl methyl sites for hydroxylation is 2. The van der Waals surface area contributed by atoms with E-state index in [4.69, 9.17) is 0 Å². The molecule has 0 saturated heterocycles. The largest absolute Gasteiger partial charge is 0.348 e. The van der Waals surface area contributed by atoms with Crippen LogP contribution in [0.4, 0.5) is 5.82 Å². The zero-order valence-corrected chi connectivity index (χ0v) is 24.4. The summed E-state index contributed by atoms with van der Waals surface area (Å²) in [7, 11) is 0. The summed E-state index contributed by atoms with van der Waals surface area (Å²) in [6.45, 7) is 8.06. The zero-order chi connectivity index (χ0) is 27.8. The monoisotopic (exact) mass is 563 g/mol. The second-order valence-corrected chi connectivity index (χ2v) is 12.2. The van der Waals surface area contributed by atoms with Crippen molar-refractivity contribution in [3.05, 3.63) is 73.6 Å². The van der Waals surface area contributed by atoms with E-state index in [9.17, 15) is 14.4 Å². The predicted molar refractivity (Wildman–Crippen MR) is 158 cm³/mol. The van der Waals surface area contributed by atoms with E-state index in [1.165, 1.54) is 23.1 Å². The summed E-state index contributed by atoms with van der Waals surface area (Å²) in [5.74, 6) is 0.722. The number of hydrogen-bond donors (Lipinski definition) is 3. The molecule has 3 aromatic heterocycles. The van der Waals surface area contributed by atoms with Crippen LogP contribution in [0.3, 0.4) is 0 Å². The summed E-state index contributed by atoms with van der Waals surface area (Å²) in [5, 5.41) is 9.61. The SMILES string of the molecule is CSc1cc(C)[nH]c(=O)c1CNC(=O)c1c(C)n([C@H](C)C2CC(C(=O)Nc3csc(C)n3)C2)c2ccccc12. The number of thiazole rings is 1. The molecule has 1 atom stereocenters. The topological polar surface area (TPSA) is 109 Å². The number of aromatic amines is 1. The average Bonchev–Trinajstić information content (AvgIpc) is 3.40. The minimum Gasteiger partial charge on any atom is -0.348 e. The molecule has 1 aliphatic carbocycles. The lowest BCUT2D eigenvalue weighted by atomic mass is 9.71. The first-order valence-electron chi connectivity index (χ1n) is 13.1. The van der Waals surface area contributed by atoms with Crippen molar-refractivity contribution in [2.45, 2.75) is 58.0 Å². The van der Waals surface area contributed by atoms with Crippen molar-refractivity contribution < 1.29 is 9.59 Å². The van der Waals surface area contributed by atoms with E-state index < -0.39 is 0 Å². The van der Waals surface area contributed by atoms with Gasteiger partial charge < -0.3 is 20.2 Å². The van der Waals surface area contributed by atoms with Crippen molar-refractivity contribution in [3.63, 3.8) is 0 Å². The fraction of sp³-hybridized carbons (Fsp3) is 0.379. The maximum Gasteiger partial charge on any atom is 0.254 e. The molecule has 10 heteroatoms. The van der Waals surface area contributed by atoms with E-state index in [0.717, 1.165) is 45.0 Å². The molecule has 0 aliphatic heterocycles. The molecule has 2 amide bonds. The first-order chi connectivity index (χ1) is 18.7. The summed E-state index contributed by atoms with van der Waals surface area (Å²) in [4.78, 5) is 46.9. The number of hydrogen-bond acceptors (Lipinski definition) is 6. The zero-order valence-electron chi connectivity index (χ0n) is 22.8. The standard InChI is InChI=1S/C29H33N5O3S2/c1-15-10-24(38-5)22(28(36)31-15)13-30-29(37)26-17(3)34(23-9-7-6-8-21(23)26)16(2)19-11-20(12-19)27(35)33-25-14-39-18(4)32-25/h6-10,14,16,19-20H,11-13H2,1-5H3,(H,30,37)(H,31,36)(H,33,35)/t16-,19?,20?/m1/s1. The molecule has 0 spiro atoms. The number of thioether (sulfide) groups is 1. The van der Waals surface area contributed by atoms with Crippen LogP contribution in [0, 0.1) is 32.6 Å². The maximum absolute atomic E-state index is 13.5. The highest BCUT2D eigenvalue weighted by Gasteiger charge is 2.39. The van der Waals surface area contributed by atoms with Crippen molar-refractivity contribution in [1.29, 1.82) is 0 Å². The molecule has 0 radical (unpaired) electrons. The van der Waals surface area contributed by atoms with Crippen molar-refractivity contribution in [3.8, 4) is 0 Å². The minimum atomic E-state index is -0.203. The molecule has 1 saturated carbocycles. The van der Waals surface area contributed by atoms with Gasteiger partial charge in [-0.05, 0) is 64.8 Å². The van der Waals surface area contributed by atoms with Crippen LogP contribution in [0.1, 0.15) is 58.1 Å². The predicted octanol–water partition coefficient (Wildman–Crippen LogP) is 5.59. The molecule has 1 fully saturated rings. The normalized spacial score (nSPS) is 17.6. The van der Waals surface area contributed by atoms with Gasteiger partial charge in [0.25, 0.3) is 11.5 Å². The molecule has 204 valence electrons. The van der Waals surface area contributed by atoms with Gasteiger partial charge in [-0.2, -0.15) is 0 Å². The maximum atomic E-state index is 13.5. The average molecular weight is 564 g/mol. The van der Waals surface area contributed by atoms with E-state index in [0.29, 0.717) is 22.9 Å². The molecule has 3 N–H and O–H groups in total. The van der Waals surface area contributed by atoms with Gasteiger partial charge in [-0.25, -0.2) is 4.98 Å². The Balaban J connectivity index is 1.34. The first-order valence-corrected chi connectivity index (χ1v) is 15.2. The number of anilines is 1. The number of amides is 2. The Bertz CT molecular complexity index is 1610. The molecular formula is C29H33N5O3S2. The molecule has 5 rings (SSSR count). The van der Waals surface area contributed by atoms with Crippen LogP contribution in [0.2, 0.25) is 0 Å². The molecule has 1 aliphatic rings. The smallest absolute Gasteiger partial charge is 0.254 e. The molecule has 8 nitrogen and oxygen atoms in total. The van der Waals surface area contributed by atoms with Crippen LogP contribution in [0.25, 0.3) is 10.9 Å². The first kappa shape index (κ1) is 27.2. The summed E-state index contributed by atoms with van der Waals surface area (Å²) in [5.41, 5.74) is 3.68. The highest BCUT2D eigenvalue weighted by molar-refractivity contribution is 7.98. The number of rotatable bonds is 8. The van der Waals surface area contributed by atoms with Crippen molar-refractivity contribution in [2.24, 2.45) is 11.8 Å². The number of benzene rings is 1. The number of para-hydroxylation sites is 1. The third-order valence-electron chi connectivity index (χ3n) is 7.76. The number of pyridine rings is 1. The number of carbonyl (C=O) groups excluding carboxylic acids is 2. The van der Waals surface area contributed by atoms with Crippen LogP contribution >= 0.6 is 23.1 Å². The van der Waals surface area contributed by atoms with Crippen LogP contribution in [-0.2, 0) is 11.3 Å². The summed E-state index contributed by atoms with van der Waals surface area (Å²) in [6, 6.07) is 9.98. The summed E-state index contributed by atoms with van der Waals surface area (Å²) < 4.78 is 2.23. The van der Waals surface area contributed by atoms with E-state index in [1.54, 1.807) is 0 Å². The molecule has 3 heterocycles. The van der Waals surface area contributed by atoms with Gasteiger partial charge in [0, 0.05) is 56.6 Å². The van der Waals surface area contributed by atoms with Crippen LogP contribution in [0.15, 0.2) is 45.4 Å². The van der Waals surface area contributed by atoms with Gasteiger partial charge in [0.05, 0.1) is 10.6 Å². The van der Waals surface area contributed by atoms with Gasteiger partial charge in [-0.15, -0.1) is 23.1 Å². The van der Waals surface area contributed by atoms with Crippen molar-refractivity contribution in [1.82, 2.24) is 19.9 Å². The molecule has 0 unspecified atom stereocenters. The second-order valence-electron chi connectivity index (χ2n) is 10.3. The Morgan fingerprint density at radius 2 is 1.97 bits per heavy atom. The van der Waals surface area contributed by atoms with E-state index in [1.807, 2.05) is 62.7 Å². The molecule has 39 heavy (non-hydrogen) atoms. The summed E-state index contributed by atoms with van der Waals surface area (Å²) in [6.07, 6.45) is 3.50. The lowest BCUT2D eigenvalue weighted by Gasteiger charge is -2.39. The highest BCUT2D eigenvalue weighted by Crippen LogP contribution is 2.44. The Morgan fingerprint density at radius 3 is 2.67 bits per heavy atom. The second kappa shape index (κ2) is 11.0. The molecular weight excluding hydrogens is 530 g/mol. The van der Waals surface area contributed by atoms with Crippen LogP contribution in [0.5, 0.6) is 0 Å². The molecule has 0 bridgehead atoms. The lowest BCUT2D eigenvalue weighted by molar-refractivity contribution is -0.124. The van der Waals surface area contributed by atoms with Crippen molar-refractivity contribution in [2.75, 3.05) is 11.6 Å². The number of H-pyrrole nitrogens is 1. The van der Waals surface area contributed by atoms with Gasteiger partial charge >= 0.3 is 0 Å². The Labute approximate surface area is 235 Å². The number of carbonyl (C=O) groups is 2. The Morgan fingerprint density at radius 1 is 1.23 bits per heavy atom. The van der Waals surface area contributed by atoms with Gasteiger partial charge in [-0.3, -0.25) is 14.4 Å². The van der Waals surface area contributed by atoms with Crippen molar-refractivity contribution >= 4 is 51.6 Å². The number of fused-ring (bicyclic) bond motifs is 1. The fourth-order valence-electron chi connectivity index (χ4n) is 5.63. The lowest BCUT2D eigenvalue weighted by Crippen LogP contribution is -2.38. The number of nitrogens with one attached hydrogen (secondary N) is 3. The van der Waals surface area contributed by atoms with E-state index >= 15 is 0 Å². The van der Waals surface area contributed by atoms with E-state index in [2.05, 4.69) is 32.1 Å². The van der Waals surface area contributed by atoms with Gasteiger partial charge in [-0.1, -0.05) is 18.2 Å². The van der Waals surface area contributed by atoms with Gasteiger partial charge in [0.15, 0.2) is 0 Å². The fourth-order valence-corrected chi connectivity index (χ4v) is 6.88.